The van der Waals surface area contributed by atoms with Crippen molar-refractivity contribution in [2.75, 3.05) is 0 Å². The highest BCUT2D eigenvalue weighted by molar-refractivity contribution is 6.23. The van der Waals surface area contributed by atoms with Gasteiger partial charge in [0, 0.05) is 38.4 Å². The van der Waals surface area contributed by atoms with Gasteiger partial charge in [0.25, 0.3) is 0 Å². The number of fused-ring (bicyclic) bond motifs is 7. The Balaban J connectivity index is 1.16. The molecule has 0 saturated heterocycles. The molecule has 0 aliphatic rings. The van der Waals surface area contributed by atoms with E-state index in [0.29, 0.717) is 28.7 Å². The average molecular weight is 766 g/mol. The Bertz CT molecular complexity index is 3390. The molecule has 0 radical (unpaired) electrons. The largest absolute Gasteiger partial charge is 0.307 e. The highest BCUT2D eigenvalue weighted by Crippen LogP contribution is 2.41. The van der Waals surface area contributed by atoms with Crippen LogP contribution in [0.25, 0.3) is 100 Å². The van der Waals surface area contributed by atoms with Gasteiger partial charge >= 0.3 is 0 Å². The summed E-state index contributed by atoms with van der Waals surface area (Å²) in [5.41, 5.74) is 12.2. The average Bonchev–Trinajstić information content (AvgIpc) is 3.85. The normalized spacial score (nSPS) is 11.3. The van der Waals surface area contributed by atoms with Crippen LogP contribution in [0.3, 0.4) is 0 Å². The number of para-hydroxylation sites is 3. The summed E-state index contributed by atoms with van der Waals surface area (Å²) in [6.45, 7) is 0. The summed E-state index contributed by atoms with van der Waals surface area (Å²) < 4.78 is 4.56. The molecule has 11 aromatic rings. The van der Waals surface area contributed by atoms with Crippen molar-refractivity contribution < 1.29 is 0 Å². The molecule has 7 nitrogen and oxygen atoms in total. The van der Waals surface area contributed by atoms with E-state index in [1.165, 1.54) is 0 Å². The Kier molecular flexibility index (Phi) is 8.11. The molecule has 0 aliphatic heterocycles. The van der Waals surface area contributed by atoms with Gasteiger partial charge in [-0.05, 0) is 70.8 Å². The fourth-order valence-electron chi connectivity index (χ4n) is 8.37. The molecule has 3 aromatic heterocycles. The number of nitriles is 2. The molecular formula is C53H31N7. The Morgan fingerprint density at radius 2 is 0.717 bits per heavy atom. The van der Waals surface area contributed by atoms with Gasteiger partial charge in [-0.3, -0.25) is 4.57 Å². The van der Waals surface area contributed by atoms with Crippen LogP contribution >= 0.6 is 0 Å². The second kappa shape index (κ2) is 14.1. The van der Waals surface area contributed by atoms with Gasteiger partial charge in [-0.25, -0.2) is 4.98 Å². The lowest BCUT2D eigenvalue weighted by atomic mass is 10.0. The third kappa shape index (κ3) is 5.69. The number of benzene rings is 8. The van der Waals surface area contributed by atoms with Crippen molar-refractivity contribution in [1.82, 2.24) is 24.1 Å². The molecule has 3 heterocycles. The lowest BCUT2D eigenvalue weighted by Crippen LogP contribution is -2.07. The van der Waals surface area contributed by atoms with Crippen molar-refractivity contribution >= 4 is 43.6 Å². The molecule has 8 aromatic carbocycles. The minimum atomic E-state index is 0.505. The van der Waals surface area contributed by atoms with Gasteiger partial charge < -0.3 is 4.57 Å². The van der Waals surface area contributed by atoms with E-state index >= 15 is 0 Å². The van der Waals surface area contributed by atoms with Crippen LogP contribution in [-0.2, 0) is 0 Å². The van der Waals surface area contributed by atoms with Gasteiger partial charge in [0.05, 0.1) is 45.3 Å². The molecule has 0 atom stereocenters. The van der Waals surface area contributed by atoms with Crippen molar-refractivity contribution in [2.24, 2.45) is 0 Å². The van der Waals surface area contributed by atoms with E-state index in [1.54, 1.807) is 0 Å². The standard InChI is InChI=1S/C53H31N7/c54-32-34-14-18-36(19-15-34)38-22-26-40(27-23-38)51-56-52(41-28-24-39(25-29-41)37-20-16-35(33-55)17-21-37)58-53(57-51)60-48-13-7-5-11-44(48)46-31-30-45-43-10-4-6-12-47(43)59(49(45)50(46)60)42-8-2-1-3-9-42/h1-31H. The molecule has 7 heteroatoms. The van der Waals surface area contributed by atoms with Crippen LogP contribution in [0, 0.1) is 22.7 Å². The van der Waals surface area contributed by atoms with Crippen LogP contribution in [0.15, 0.2) is 188 Å². The first-order valence-electron chi connectivity index (χ1n) is 19.6. The van der Waals surface area contributed by atoms with Gasteiger partial charge in [-0.1, -0.05) is 140 Å². The van der Waals surface area contributed by atoms with Crippen molar-refractivity contribution in [3.63, 3.8) is 0 Å². The molecule has 0 N–H and O–H groups in total. The van der Waals surface area contributed by atoms with Gasteiger partial charge in [0.15, 0.2) is 11.6 Å². The second-order valence-electron chi connectivity index (χ2n) is 14.7. The number of hydrogen-bond acceptors (Lipinski definition) is 5. The van der Waals surface area contributed by atoms with Crippen molar-refractivity contribution in [3.05, 3.63) is 199 Å². The maximum Gasteiger partial charge on any atom is 0.238 e. The number of hydrogen-bond donors (Lipinski definition) is 0. The van der Waals surface area contributed by atoms with E-state index < -0.39 is 0 Å². The quantitative estimate of drug-likeness (QED) is 0.168. The van der Waals surface area contributed by atoms with E-state index in [1.807, 2.05) is 78.9 Å². The Labute approximate surface area is 345 Å². The van der Waals surface area contributed by atoms with E-state index in [4.69, 9.17) is 15.0 Å². The molecule has 0 spiro atoms. The van der Waals surface area contributed by atoms with Crippen LogP contribution in [0.1, 0.15) is 11.1 Å². The molecule has 0 unspecified atom stereocenters. The van der Waals surface area contributed by atoms with E-state index in [9.17, 15) is 10.5 Å². The molecule has 0 saturated carbocycles. The number of rotatable bonds is 6. The zero-order valence-electron chi connectivity index (χ0n) is 32.0. The van der Waals surface area contributed by atoms with Crippen molar-refractivity contribution in [3.8, 4) is 68.8 Å². The van der Waals surface area contributed by atoms with E-state index in [-0.39, 0.29) is 0 Å². The summed E-state index contributed by atoms with van der Waals surface area (Å²) in [6, 6.07) is 68.0. The molecule has 0 amide bonds. The van der Waals surface area contributed by atoms with Crippen LogP contribution in [0.5, 0.6) is 0 Å². The maximum atomic E-state index is 9.33. The second-order valence-corrected chi connectivity index (χ2v) is 14.7. The van der Waals surface area contributed by atoms with Gasteiger partial charge in [0.1, 0.15) is 0 Å². The van der Waals surface area contributed by atoms with Crippen LogP contribution < -0.4 is 0 Å². The third-order valence-corrected chi connectivity index (χ3v) is 11.3. The molecule has 0 aliphatic carbocycles. The molecule has 0 bridgehead atoms. The van der Waals surface area contributed by atoms with Gasteiger partial charge in [-0.2, -0.15) is 20.5 Å². The Morgan fingerprint density at radius 1 is 0.333 bits per heavy atom. The predicted molar refractivity (Wildman–Crippen MR) is 240 cm³/mol. The summed E-state index contributed by atoms with van der Waals surface area (Å²) in [6.07, 6.45) is 0. The van der Waals surface area contributed by atoms with Crippen LogP contribution in [0.2, 0.25) is 0 Å². The molecule has 11 rings (SSSR count). The summed E-state index contributed by atoms with van der Waals surface area (Å²) in [5.74, 6) is 1.59. The van der Waals surface area contributed by atoms with Crippen LogP contribution in [-0.4, -0.2) is 24.1 Å². The van der Waals surface area contributed by atoms with Crippen molar-refractivity contribution in [2.45, 2.75) is 0 Å². The van der Waals surface area contributed by atoms with Gasteiger partial charge in [-0.15, -0.1) is 0 Å². The molecule has 278 valence electrons. The summed E-state index contributed by atoms with van der Waals surface area (Å²) >= 11 is 0. The van der Waals surface area contributed by atoms with Crippen LogP contribution in [0.4, 0.5) is 0 Å². The number of aromatic nitrogens is 5. The lowest BCUT2D eigenvalue weighted by Gasteiger charge is -2.13. The predicted octanol–water partition coefficient (Wildman–Crippen LogP) is 12.5. The smallest absolute Gasteiger partial charge is 0.238 e. The topological polar surface area (TPSA) is 96.1 Å². The first-order valence-corrected chi connectivity index (χ1v) is 19.6. The van der Waals surface area contributed by atoms with Crippen molar-refractivity contribution in [1.29, 1.82) is 10.5 Å². The highest BCUT2D eigenvalue weighted by Gasteiger charge is 2.23. The summed E-state index contributed by atoms with van der Waals surface area (Å²) in [7, 11) is 0. The SMILES string of the molecule is N#Cc1ccc(-c2ccc(-c3nc(-c4ccc(-c5ccc(C#N)cc5)cc4)nc(-n4c5ccccc5c5ccc6c7ccccc7n(-c7ccccc7)c6c54)n3)cc2)cc1. The molecular weight excluding hydrogens is 735 g/mol. The minimum absolute atomic E-state index is 0.505. The Morgan fingerprint density at radius 3 is 1.18 bits per heavy atom. The molecule has 60 heavy (non-hydrogen) atoms. The lowest BCUT2D eigenvalue weighted by molar-refractivity contribution is 0.953. The fraction of sp³-hybridized carbons (Fsp3) is 0. The first kappa shape index (κ1) is 34.6. The van der Waals surface area contributed by atoms with E-state index in [0.717, 1.165) is 82.7 Å². The van der Waals surface area contributed by atoms with Gasteiger partial charge in [0.2, 0.25) is 5.95 Å². The monoisotopic (exact) mass is 765 g/mol. The maximum absolute atomic E-state index is 9.33. The summed E-state index contributed by atoms with van der Waals surface area (Å²) in [4.78, 5) is 15.8. The highest BCUT2D eigenvalue weighted by atomic mass is 15.2. The molecule has 0 fully saturated rings. The Hall–Kier alpha value is -8.65. The van der Waals surface area contributed by atoms with E-state index in [2.05, 4.69) is 130 Å². The third-order valence-electron chi connectivity index (χ3n) is 11.3. The minimum Gasteiger partial charge on any atom is -0.307 e. The summed E-state index contributed by atoms with van der Waals surface area (Å²) in [5, 5.41) is 23.1. The first-order chi connectivity index (χ1) is 29.6. The zero-order valence-corrected chi connectivity index (χ0v) is 32.0. The zero-order chi connectivity index (χ0) is 40.2. The number of nitrogens with zero attached hydrogens (tertiary/aromatic N) is 7. The fourth-order valence-corrected chi connectivity index (χ4v) is 8.37.